The smallest absolute Gasteiger partial charge is 0.133 e. The first kappa shape index (κ1) is 15.3. The van der Waals surface area contributed by atoms with Gasteiger partial charge in [-0.2, -0.15) is 0 Å². The van der Waals surface area contributed by atoms with Crippen LogP contribution in [0.15, 0.2) is 6.07 Å². The van der Waals surface area contributed by atoms with Crippen molar-refractivity contribution in [1.82, 2.24) is 10.3 Å². The van der Waals surface area contributed by atoms with Crippen molar-refractivity contribution in [2.45, 2.75) is 72.5 Å². The molecule has 1 aliphatic carbocycles. The molecule has 0 atom stereocenters. The molecule has 0 spiro atoms. The number of aromatic nitrogens is 1. The van der Waals surface area contributed by atoms with Gasteiger partial charge in [-0.15, -0.1) is 0 Å². The van der Waals surface area contributed by atoms with Gasteiger partial charge in [0.25, 0.3) is 0 Å². The molecular weight excluding hydrogens is 246 g/mol. The van der Waals surface area contributed by atoms with Crippen molar-refractivity contribution in [3.05, 3.63) is 22.9 Å². The molecule has 3 nitrogen and oxygen atoms in total. The van der Waals surface area contributed by atoms with Crippen molar-refractivity contribution < 1.29 is 0 Å². The predicted molar refractivity (Wildman–Crippen MR) is 86.3 cm³/mol. The minimum Gasteiger partial charge on any atom is -0.354 e. The molecule has 0 aliphatic heterocycles. The standard InChI is InChI=1S/C17H29N3/c1-6-9-20(12(2)3)17-16(11-18-15-7-8-15)13(4)10-14(5)19-17/h10,12,15,18H,6-9,11H2,1-5H3. The molecule has 1 fully saturated rings. The molecule has 1 aromatic rings. The van der Waals surface area contributed by atoms with Crippen molar-refractivity contribution in [1.29, 1.82) is 0 Å². The van der Waals surface area contributed by atoms with Gasteiger partial charge in [0.05, 0.1) is 0 Å². The van der Waals surface area contributed by atoms with E-state index in [2.05, 4.69) is 50.9 Å². The lowest BCUT2D eigenvalue weighted by atomic mass is 10.1. The molecule has 0 radical (unpaired) electrons. The van der Waals surface area contributed by atoms with Gasteiger partial charge >= 0.3 is 0 Å². The summed E-state index contributed by atoms with van der Waals surface area (Å²) < 4.78 is 0. The average molecular weight is 275 g/mol. The Bertz CT molecular complexity index is 450. The summed E-state index contributed by atoms with van der Waals surface area (Å²) >= 11 is 0. The molecule has 112 valence electrons. The summed E-state index contributed by atoms with van der Waals surface area (Å²) in [5.74, 6) is 1.19. The number of pyridine rings is 1. The minimum absolute atomic E-state index is 0.489. The Kier molecular flexibility index (Phi) is 5.03. The quantitative estimate of drug-likeness (QED) is 0.824. The maximum atomic E-state index is 4.86. The topological polar surface area (TPSA) is 28.2 Å². The number of anilines is 1. The van der Waals surface area contributed by atoms with Gasteiger partial charge < -0.3 is 10.2 Å². The largest absolute Gasteiger partial charge is 0.354 e. The zero-order valence-electron chi connectivity index (χ0n) is 13.7. The van der Waals surface area contributed by atoms with E-state index in [1.807, 2.05) is 0 Å². The summed E-state index contributed by atoms with van der Waals surface area (Å²) in [6.07, 6.45) is 3.81. The van der Waals surface area contributed by atoms with E-state index in [0.717, 1.165) is 31.2 Å². The van der Waals surface area contributed by atoms with Gasteiger partial charge in [-0.1, -0.05) is 6.92 Å². The van der Waals surface area contributed by atoms with Crippen LogP contribution in [0.2, 0.25) is 0 Å². The van der Waals surface area contributed by atoms with Crippen LogP contribution in [-0.4, -0.2) is 23.6 Å². The summed E-state index contributed by atoms with van der Waals surface area (Å²) in [4.78, 5) is 7.31. The molecular formula is C17H29N3. The maximum absolute atomic E-state index is 4.86. The maximum Gasteiger partial charge on any atom is 0.133 e. The number of hydrogen-bond acceptors (Lipinski definition) is 3. The summed E-state index contributed by atoms with van der Waals surface area (Å²) in [5.41, 5.74) is 3.86. The van der Waals surface area contributed by atoms with Crippen LogP contribution in [0.5, 0.6) is 0 Å². The second-order valence-corrected chi connectivity index (χ2v) is 6.33. The highest BCUT2D eigenvalue weighted by atomic mass is 15.2. The molecule has 1 N–H and O–H groups in total. The van der Waals surface area contributed by atoms with Crippen LogP contribution in [0.4, 0.5) is 5.82 Å². The van der Waals surface area contributed by atoms with Crippen molar-refractivity contribution in [2.75, 3.05) is 11.4 Å². The third kappa shape index (κ3) is 3.72. The highest BCUT2D eigenvalue weighted by molar-refractivity contribution is 5.52. The van der Waals surface area contributed by atoms with Crippen LogP contribution in [0, 0.1) is 13.8 Å². The highest BCUT2D eigenvalue weighted by Gasteiger charge is 2.23. The lowest BCUT2D eigenvalue weighted by Crippen LogP contribution is -2.34. The van der Waals surface area contributed by atoms with Crippen molar-refractivity contribution in [2.24, 2.45) is 0 Å². The zero-order valence-corrected chi connectivity index (χ0v) is 13.7. The summed E-state index contributed by atoms with van der Waals surface area (Å²) in [7, 11) is 0. The third-order valence-corrected chi connectivity index (χ3v) is 3.96. The number of nitrogens with zero attached hydrogens (tertiary/aromatic N) is 2. The number of aryl methyl sites for hydroxylation is 2. The van der Waals surface area contributed by atoms with Crippen molar-refractivity contribution in [3.8, 4) is 0 Å². The Morgan fingerprint density at radius 3 is 2.60 bits per heavy atom. The summed E-state index contributed by atoms with van der Waals surface area (Å²) in [5, 5.41) is 3.64. The Morgan fingerprint density at radius 2 is 2.05 bits per heavy atom. The highest BCUT2D eigenvalue weighted by Crippen LogP contribution is 2.26. The molecule has 20 heavy (non-hydrogen) atoms. The van der Waals surface area contributed by atoms with Gasteiger partial charge in [-0.3, -0.25) is 0 Å². The fraction of sp³-hybridized carbons (Fsp3) is 0.706. The van der Waals surface area contributed by atoms with E-state index in [1.54, 1.807) is 0 Å². The number of hydrogen-bond donors (Lipinski definition) is 1. The van der Waals surface area contributed by atoms with Gasteiger partial charge in [0, 0.05) is 36.4 Å². The van der Waals surface area contributed by atoms with Crippen LogP contribution < -0.4 is 10.2 Å². The second-order valence-electron chi connectivity index (χ2n) is 6.33. The van der Waals surface area contributed by atoms with E-state index in [0.29, 0.717) is 6.04 Å². The van der Waals surface area contributed by atoms with Gasteiger partial charge in [-0.25, -0.2) is 4.98 Å². The van der Waals surface area contributed by atoms with Crippen LogP contribution in [-0.2, 0) is 6.54 Å². The normalized spacial score (nSPS) is 14.9. The summed E-state index contributed by atoms with van der Waals surface area (Å²) in [6, 6.07) is 3.43. The molecule has 0 amide bonds. The van der Waals surface area contributed by atoms with Gasteiger partial charge in [0.15, 0.2) is 0 Å². The van der Waals surface area contributed by atoms with Crippen molar-refractivity contribution >= 4 is 5.82 Å². The van der Waals surface area contributed by atoms with Crippen molar-refractivity contribution in [3.63, 3.8) is 0 Å². The Hall–Kier alpha value is -1.09. The molecule has 1 heterocycles. The number of nitrogens with one attached hydrogen (secondary N) is 1. The molecule has 0 saturated heterocycles. The van der Waals surface area contributed by atoms with E-state index in [9.17, 15) is 0 Å². The molecule has 0 aromatic carbocycles. The van der Waals surface area contributed by atoms with E-state index in [1.165, 1.54) is 29.8 Å². The molecule has 1 saturated carbocycles. The molecule has 1 aliphatic rings. The first-order valence-electron chi connectivity index (χ1n) is 8.00. The van der Waals surface area contributed by atoms with Crippen LogP contribution in [0.25, 0.3) is 0 Å². The lowest BCUT2D eigenvalue weighted by molar-refractivity contribution is 0.639. The average Bonchev–Trinajstić information content (AvgIpc) is 3.17. The van der Waals surface area contributed by atoms with E-state index in [-0.39, 0.29) is 0 Å². The van der Waals surface area contributed by atoms with Gasteiger partial charge in [-0.05, 0) is 58.6 Å². The zero-order chi connectivity index (χ0) is 14.7. The molecule has 0 unspecified atom stereocenters. The molecule has 1 aromatic heterocycles. The monoisotopic (exact) mass is 275 g/mol. The van der Waals surface area contributed by atoms with E-state index >= 15 is 0 Å². The summed E-state index contributed by atoms with van der Waals surface area (Å²) in [6.45, 7) is 13.1. The third-order valence-electron chi connectivity index (χ3n) is 3.96. The first-order chi connectivity index (χ1) is 9.52. The van der Waals surface area contributed by atoms with E-state index in [4.69, 9.17) is 4.98 Å². The molecule has 2 rings (SSSR count). The van der Waals surface area contributed by atoms with Gasteiger partial charge in [0.2, 0.25) is 0 Å². The van der Waals surface area contributed by atoms with E-state index < -0.39 is 0 Å². The Morgan fingerprint density at radius 1 is 1.35 bits per heavy atom. The minimum atomic E-state index is 0.489. The number of rotatable bonds is 7. The lowest BCUT2D eigenvalue weighted by Gasteiger charge is -2.30. The second kappa shape index (κ2) is 6.57. The Labute approximate surface area is 123 Å². The van der Waals surface area contributed by atoms with Crippen LogP contribution >= 0.6 is 0 Å². The predicted octanol–water partition coefficient (Wildman–Crippen LogP) is 3.58. The fourth-order valence-electron chi connectivity index (χ4n) is 2.68. The molecule has 0 bridgehead atoms. The van der Waals surface area contributed by atoms with Crippen LogP contribution in [0.3, 0.4) is 0 Å². The van der Waals surface area contributed by atoms with Gasteiger partial charge in [0.1, 0.15) is 5.82 Å². The Balaban J connectivity index is 2.30. The molecule has 3 heteroatoms. The van der Waals surface area contributed by atoms with Crippen LogP contribution in [0.1, 0.15) is 56.9 Å². The fourth-order valence-corrected chi connectivity index (χ4v) is 2.68. The SMILES string of the molecule is CCCN(c1nc(C)cc(C)c1CNC1CC1)C(C)C. The first-order valence-corrected chi connectivity index (χ1v) is 8.00.